The van der Waals surface area contributed by atoms with E-state index in [2.05, 4.69) is 15.4 Å². The molecule has 0 saturated carbocycles. The topological polar surface area (TPSA) is 151 Å². The number of nitro groups is 1. The lowest BCUT2D eigenvalue weighted by atomic mass is 10.2. The largest absolute Gasteiger partial charge is 0.496 e. The van der Waals surface area contributed by atoms with Gasteiger partial charge in [-0.2, -0.15) is 9.78 Å². The van der Waals surface area contributed by atoms with Gasteiger partial charge in [-0.05, 0) is 61.5 Å². The highest BCUT2D eigenvalue weighted by molar-refractivity contribution is 5.92. The number of hydrogen-bond donors (Lipinski definition) is 1. The molecule has 4 aromatic carbocycles. The molecule has 224 valence electrons. The van der Waals surface area contributed by atoms with E-state index in [1.54, 1.807) is 67.8 Å². The van der Waals surface area contributed by atoms with Crippen LogP contribution >= 0.6 is 0 Å². The van der Waals surface area contributed by atoms with E-state index >= 15 is 0 Å². The SMILES string of the molecule is COc1cccc2oc(-c3nc4ccccc4c(=O)n3N=Cc3ccc(OCC(=O)Nc4ccc(C)cc4)c([N+](=O)[O-])c3)cc12. The van der Waals surface area contributed by atoms with Gasteiger partial charge >= 0.3 is 5.69 Å². The van der Waals surface area contributed by atoms with Crippen molar-refractivity contribution in [2.24, 2.45) is 5.10 Å². The fourth-order valence-corrected chi connectivity index (χ4v) is 4.69. The minimum atomic E-state index is -0.623. The van der Waals surface area contributed by atoms with Crippen LogP contribution < -0.4 is 20.3 Å². The average molecular weight is 604 g/mol. The summed E-state index contributed by atoms with van der Waals surface area (Å²) >= 11 is 0. The van der Waals surface area contributed by atoms with E-state index in [1.807, 2.05) is 19.1 Å². The van der Waals surface area contributed by atoms with Crippen LogP contribution in [0.2, 0.25) is 0 Å². The first kappa shape index (κ1) is 28.8. The number of aryl methyl sites for hydroxylation is 1. The maximum Gasteiger partial charge on any atom is 0.311 e. The first-order valence-electron chi connectivity index (χ1n) is 13.7. The number of para-hydroxylation sites is 1. The highest BCUT2D eigenvalue weighted by Crippen LogP contribution is 2.33. The van der Waals surface area contributed by atoms with Crippen molar-refractivity contribution in [3.63, 3.8) is 0 Å². The van der Waals surface area contributed by atoms with Crippen molar-refractivity contribution in [1.29, 1.82) is 0 Å². The van der Waals surface area contributed by atoms with Gasteiger partial charge in [0.1, 0.15) is 11.3 Å². The van der Waals surface area contributed by atoms with Gasteiger partial charge in [-0.3, -0.25) is 19.7 Å². The van der Waals surface area contributed by atoms with Crippen LogP contribution in [-0.2, 0) is 4.79 Å². The van der Waals surface area contributed by atoms with Gasteiger partial charge in [0.2, 0.25) is 5.82 Å². The van der Waals surface area contributed by atoms with Crippen LogP contribution in [0.5, 0.6) is 11.5 Å². The molecule has 2 heterocycles. The number of aromatic nitrogens is 2. The Morgan fingerprint density at radius 3 is 2.60 bits per heavy atom. The Hall–Kier alpha value is -6.30. The van der Waals surface area contributed by atoms with Gasteiger partial charge in [0, 0.05) is 17.3 Å². The summed E-state index contributed by atoms with van der Waals surface area (Å²) in [6.45, 7) is 1.49. The summed E-state index contributed by atoms with van der Waals surface area (Å²) in [5.74, 6) is 0.411. The Bertz CT molecular complexity index is 2170. The van der Waals surface area contributed by atoms with E-state index in [9.17, 15) is 19.7 Å². The highest BCUT2D eigenvalue weighted by atomic mass is 16.6. The van der Waals surface area contributed by atoms with E-state index in [-0.39, 0.29) is 23.0 Å². The molecule has 0 radical (unpaired) electrons. The number of amides is 1. The number of rotatable bonds is 9. The lowest BCUT2D eigenvalue weighted by molar-refractivity contribution is -0.385. The number of nitrogens with one attached hydrogen (secondary N) is 1. The molecule has 2 aromatic heterocycles. The maximum absolute atomic E-state index is 13.6. The quantitative estimate of drug-likeness (QED) is 0.121. The fraction of sp³-hybridized carbons (Fsp3) is 0.0909. The van der Waals surface area contributed by atoms with Crippen LogP contribution in [-0.4, -0.2) is 40.4 Å². The number of carbonyl (C=O) groups is 1. The van der Waals surface area contributed by atoms with Crippen LogP contribution in [0.4, 0.5) is 11.4 Å². The van der Waals surface area contributed by atoms with Crippen molar-refractivity contribution in [2.75, 3.05) is 19.0 Å². The van der Waals surface area contributed by atoms with Gasteiger partial charge in [0.15, 0.2) is 18.1 Å². The molecule has 1 N–H and O–H groups in total. The van der Waals surface area contributed by atoms with Crippen molar-refractivity contribution in [3.8, 4) is 23.1 Å². The van der Waals surface area contributed by atoms with E-state index in [4.69, 9.17) is 13.9 Å². The summed E-state index contributed by atoms with van der Waals surface area (Å²) in [6, 6.07) is 25.2. The fourth-order valence-electron chi connectivity index (χ4n) is 4.69. The third-order valence-corrected chi connectivity index (χ3v) is 6.91. The molecular formula is C33H25N5O7. The number of methoxy groups -OCH3 is 1. The Labute approximate surface area is 255 Å². The van der Waals surface area contributed by atoms with Crippen LogP contribution in [0, 0.1) is 17.0 Å². The third-order valence-electron chi connectivity index (χ3n) is 6.91. The normalized spacial score (nSPS) is 11.2. The summed E-state index contributed by atoms with van der Waals surface area (Å²) in [6.07, 6.45) is 1.30. The molecule has 0 spiro atoms. The molecule has 0 unspecified atom stereocenters. The second-order valence-corrected chi connectivity index (χ2v) is 9.98. The Kier molecular flexibility index (Phi) is 7.76. The first-order chi connectivity index (χ1) is 21.8. The Morgan fingerprint density at radius 2 is 1.82 bits per heavy atom. The smallest absolute Gasteiger partial charge is 0.311 e. The number of furan rings is 1. The minimum absolute atomic E-state index is 0.0994. The zero-order chi connectivity index (χ0) is 31.5. The van der Waals surface area contributed by atoms with E-state index in [1.165, 1.54) is 24.4 Å². The van der Waals surface area contributed by atoms with Crippen LogP contribution in [0.1, 0.15) is 11.1 Å². The van der Waals surface area contributed by atoms with Crippen LogP contribution in [0.15, 0.2) is 105 Å². The van der Waals surface area contributed by atoms with Gasteiger partial charge in [-0.15, -0.1) is 0 Å². The Morgan fingerprint density at radius 1 is 1.02 bits per heavy atom. The molecule has 6 aromatic rings. The number of fused-ring (bicyclic) bond motifs is 2. The summed E-state index contributed by atoms with van der Waals surface area (Å²) in [7, 11) is 1.55. The molecule has 12 nitrogen and oxygen atoms in total. The lowest BCUT2D eigenvalue weighted by Gasteiger charge is -2.09. The van der Waals surface area contributed by atoms with Crippen molar-refractivity contribution in [3.05, 3.63) is 123 Å². The molecule has 0 fully saturated rings. The lowest BCUT2D eigenvalue weighted by Crippen LogP contribution is -2.20. The summed E-state index contributed by atoms with van der Waals surface area (Å²) in [5.41, 5.74) is 2.05. The number of carbonyl (C=O) groups excluding carboxylic acids is 1. The molecule has 0 bridgehead atoms. The van der Waals surface area contributed by atoms with Gasteiger partial charge in [0.25, 0.3) is 11.5 Å². The molecule has 6 rings (SSSR count). The molecular weight excluding hydrogens is 578 g/mol. The van der Waals surface area contributed by atoms with Crippen LogP contribution in [0.3, 0.4) is 0 Å². The van der Waals surface area contributed by atoms with Gasteiger partial charge in [0.05, 0.1) is 34.5 Å². The van der Waals surface area contributed by atoms with Crippen LogP contribution in [0.25, 0.3) is 33.5 Å². The van der Waals surface area contributed by atoms with Gasteiger partial charge in [-0.25, -0.2) is 4.98 Å². The minimum Gasteiger partial charge on any atom is -0.496 e. The molecule has 0 saturated heterocycles. The zero-order valence-electron chi connectivity index (χ0n) is 24.1. The van der Waals surface area contributed by atoms with Crippen molar-refractivity contribution >= 4 is 45.4 Å². The summed E-state index contributed by atoms with van der Waals surface area (Å²) in [5, 5.41) is 19.9. The van der Waals surface area contributed by atoms with Crippen molar-refractivity contribution in [1.82, 2.24) is 9.66 Å². The standard InChI is InChI=1S/C33H25N5O7/c1-20-10-13-22(14-11-20)35-31(39)19-44-29-15-12-21(16-26(29)38(41)42)18-34-37-32(36-25-7-4-3-6-23(25)33(37)40)30-17-24-27(43-2)8-5-9-28(24)45-30/h3-18H,19H2,1-2H3,(H,35,39). The second-order valence-electron chi connectivity index (χ2n) is 9.98. The zero-order valence-corrected chi connectivity index (χ0v) is 24.1. The summed E-state index contributed by atoms with van der Waals surface area (Å²) < 4.78 is 18.0. The molecule has 0 aliphatic carbocycles. The molecule has 45 heavy (non-hydrogen) atoms. The number of anilines is 1. The van der Waals surface area contributed by atoms with Gasteiger partial charge in [-0.1, -0.05) is 35.9 Å². The molecule has 1 amide bonds. The first-order valence-corrected chi connectivity index (χ1v) is 13.7. The average Bonchev–Trinajstić information content (AvgIpc) is 3.49. The predicted molar refractivity (Wildman–Crippen MR) is 169 cm³/mol. The second kappa shape index (κ2) is 12.1. The van der Waals surface area contributed by atoms with E-state index < -0.39 is 23.0 Å². The maximum atomic E-state index is 13.6. The van der Waals surface area contributed by atoms with Crippen molar-refractivity contribution in [2.45, 2.75) is 6.92 Å². The number of hydrogen-bond acceptors (Lipinski definition) is 9. The van der Waals surface area contributed by atoms with E-state index in [0.717, 1.165) is 10.2 Å². The number of nitrogens with zero attached hydrogens (tertiary/aromatic N) is 4. The molecule has 0 aliphatic rings. The number of ether oxygens (including phenoxy) is 2. The van der Waals surface area contributed by atoms with Gasteiger partial charge < -0.3 is 19.2 Å². The number of benzene rings is 4. The molecule has 0 atom stereocenters. The summed E-state index contributed by atoms with van der Waals surface area (Å²) in [4.78, 5) is 41.9. The highest BCUT2D eigenvalue weighted by Gasteiger charge is 2.19. The monoisotopic (exact) mass is 603 g/mol. The number of nitro benzene ring substituents is 1. The molecule has 12 heteroatoms. The predicted octanol–water partition coefficient (Wildman–Crippen LogP) is 5.93. The molecule has 0 aliphatic heterocycles. The van der Waals surface area contributed by atoms with E-state index in [0.29, 0.717) is 38.9 Å². The third kappa shape index (κ3) is 5.97. The van der Waals surface area contributed by atoms with Crippen molar-refractivity contribution < 1.29 is 23.6 Å². The Balaban J connectivity index is 1.32.